The summed E-state index contributed by atoms with van der Waals surface area (Å²) in [6.45, 7) is 10.9. The lowest BCUT2D eigenvalue weighted by Gasteiger charge is -2.34. The van der Waals surface area contributed by atoms with Crippen LogP contribution < -0.4 is 20.1 Å². The van der Waals surface area contributed by atoms with Crippen LogP contribution in [0.25, 0.3) is 5.82 Å². The van der Waals surface area contributed by atoms with Crippen molar-refractivity contribution in [2.24, 2.45) is 5.92 Å². The lowest BCUT2D eigenvalue weighted by molar-refractivity contribution is 0.0981. The second-order valence-electron chi connectivity index (χ2n) is 10.0. The van der Waals surface area contributed by atoms with Gasteiger partial charge in [0.05, 0.1) is 11.7 Å². The lowest BCUT2D eigenvalue weighted by atomic mass is 9.97. The zero-order chi connectivity index (χ0) is 27.0. The third-order valence-electron chi connectivity index (χ3n) is 6.45. The number of carbonyl (C=O) groups excluding carboxylic acids is 1. The Morgan fingerprint density at radius 3 is 2.70 bits per heavy atom. The molecule has 0 bridgehead atoms. The van der Waals surface area contributed by atoms with Gasteiger partial charge in [-0.3, -0.25) is 4.79 Å². The first-order valence-electron chi connectivity index (χ1n) is 12.2. The molecule has 0 spiro atoms. The molecule has 1 aliphatic heterocycles. The Labute approximate surface area is 217 Å². The summed E-state index contributed by atoms with van der Waals surface area (Å²) in [7, 11) is -4.26. The second kappa shape index (κ2) is 10.0. The number of sulfonamides is 1. The summed E-state index contributed by atoms with van der Waals surface area (Å²) >= 11 is 0. The average molecular weight is 528 g/mol. The van der Waals surface area contributed by atoms with Crippen LogP contribution in [-0.2, 0) is 10.0 Å². The molecule has 0 radical (unpaired) electrons. The van der Waals surface area contributed by atoms with Gasteiger partial charge in [0.2, 0.25) is 5.88 Å². The number of nitrogens with two attached hydrogens (primary N) is 1. The summed E-state index contributed by atoms with van der Waals surface area (Å²) < 4.78 is 35.4. The minimum Gasteiger partial charge on any atom is -0.474 e. The van der Waals surface area contributed by atoms with E-state index < -0.39 is 15.9 Å². The molecule has 12 heteroatoms. The van der Waals surface area contributed by atoms with E-state index in [1.54, 1.807) is 29.1 Å². The van der Waals surface area contributed by atoms with Crippen molar-refractivity contribution in [1.82, 2.24) is 24.5 Å². The number of aromatic nitrogens is 4. The Bertz CT molecular complexity index is 1400. The van der Waals surface area contributed by atoms with Crippen molar-refractivity contribution in [2.75, 3.05) is 17.2 Å². The van der Waals surface area contributed by atoms with E-state index in [9.17, 15) is 13.2 Å². The quantitative estimate of drug-likeness (QED) is 0.451. The van der Waals surface area contributed by atoms with Gasteiger partial charge in [-0.05, 0) is 63.8 Å². The molecule has 11 nitrogen and oxygen atoms in total. The Morgan fingerprint density at radius 1 is 1.30 bits per heavy atom. The zero-order valence-electron chi connectivity index (χ0n) is 21.7. The molecule has 1 unspecified atom stereocenters. The number of rotatable bonds is 8. The monoisotopic (exact) mass is 527 g/mol. The maximum Gasteiger partial charge on any atom is 0.268 e. The standard InChI is InChI=1S/C25H33N7O4S/c1-6-17(3)36-21-11-13-32(29-21)20-10-9-18(23(28-20)31-15-16(2)14-25(31,4)5)24(33)30-37(34,35)19-8-7-12-27-22(19)26/h7-13,16-17H,6,14-15H2,1-5H3,(H2,26,27)(H,30,33)/t16-,17?/m0/s1. The number of carbonyl (C=O) groups is 1. The number of pyridine rings is 2. The van der Waals surface area contributed by atoms with Gasteiger partial charge in [-0.2, -0.15) is 0 Å². The molecule has 4 heterocycles. The average Bonchev–Trinajstić information content (AvgIpc) is 3.40. The zero-order valence-corrected chi connectivity index (χ0v) is 22.5. The van der Waals surface area contributed by atoms with E-state index in [0.717, 1.165) is 12.8 Å². The highest BCUT2D eigenvalue weighted by Crippen LogP contribution is 2.37. The lowest BCUT2D eigenvalue weighted by Crippen LogP contribution is -2.41. The van der Waals surface area contributed by atoms with Crippen LogP contribution in [0.1, 0.15) is 57.8 Å². The minimum absolute atomic E-state index is 0.0145. The van der Waals surface area contributed by atoms with Crippen molar-refractivity contribution in [3.05, 3.63) is 48.3 Å². The molecule has 4 rings (SSSR count). The summed E-state index contributed by atoms with van der Waals surface area (Å²) in [5.41, 5.74) is 5.57. The van der Waals surface area contributed by atoms with Crippen LogP contribution in [0, 0.1) is 5.92 Å². The molecule has 3 aromatic rings. The largest absolute Gasteiger partial charge is 0.474 e. The summed E-state index contributed by atoms with van der Waals surface area (Å²) in [5, 5.41) is 4.47. The highest BCUT2D eigenvalue weighted by Gasteiger charge is 2.39. The van der Waals surface area contributed by atoms with Crippen molar-refractivity contribution < 1.29 is 17.9 Å². The van der Waals surface area contributed by atoms with E-state index in [0.29, 0.717) is 30.0 Å². The number of hydrogen-bond donors (Lipinski definition) is 2. The number of nitrogens with one attached hydrogen (secondary N) is 1. The molecular formula is C25H33N7O4S. The number of nitrogen functional groups attached to an aromatic ring is 1. The summed E-state index contributed by atoms with van der Waals surface area (Å²) in [4.78, 5) is 23.7. The molecule has 0 saturated carbocycles. The first-order valence-corrected chi connectivity index (χ1v) is 13.7. The smallest absolute Gasteiger partial charge is 0.268 e. The summed E-state index contributed by atoms with van der Waals surface area (Å²) in [6, 6.07) is 7.67. The van der Waals surface area contributed by atoms with E-state index in [1.165, 1.54) is 18.3 Å². The number of hydrogen-bond acceptors (Lipinski definition) is 9. The van der Waals surface area contributed by atoms with Gasteiger partial charge < -0.3 is 15.4 Å². The van der Waals surface area contributed by atoms with E-state index in [2.05, 4.69) is 35.6 Å². The Balaban J connectivity index is 1.73. The van der Waals surface area contributed by atoms with E-state index in [4.69, 9.17) is 15.5 Å². The topological polar surface area (TPSA) is 145 Å². The van der Waals surface area contributed by atoms with Crippen LogP contribution in [0.15, 0.2) is 47.6 Å². The predicted octanol–water partition coefficient (Wildman–Crippen LogP) is 3.17. The van der Waals surface area contributed by atoms with Gasteiger partial charge in [0.25, 0.3) is 15.9 Å². The fraction of sp³-hybridized carbons (Fsp3) is 0.440. The van der Waals surface area contributed by atoms with Gasteiger partial charge in [-0.1, -0.05) is 13.8 Å². The fourth-order valence-corrected chi connectivity index (χ4v) is 5.61. The summed E-state index contributed by atoms with van der Waals surface area (Å²) in [6.07, 6.45) is 4.85. The maximum atomic E-state index is 13.4. The Hall–Kier alpha value is -3.67. The molecule has 198 valence electrons. The van der Waals surface area contributed by atoms with Crippen molar-refractivity contribution >= 4 is 27.6 Å². The molecule has 37 heavy (non-hydrogen) atoms. The van der Waals surface area contributed by atoms with Crippen molar-refractivity contribution in [2.45, 2.75) is 64.0 Å². The second-order valence-corrected chi connectivity index (χ2v) is 11.7. The molecule has 3 aromatic heterocycles. The normalized spacial score (nSPS) is 18.0. The van der Waals surface area contributed by atoms with Crippen LogP contribution >= 0.6 is 0 Å². The number of anilines is 2. The molecule has 3 N–H and O–H groups in total. The molecule has 0 aromatic carbocycles. The van der Waals surface area contributed by atoms with Gasteiger partial charge >= 0.3 is 0 Å². The van der Waals surface area contributed by atoms with Gasteiger partial charge in [0.1, 0.15) is 16.5 Å². The highest BCUT2D eigenvalue weighted by atomic mass is 32.2. The number of nitrogens with zero attached hydrogens (tertiary/aromatic N) is 5. The highest BCUT2D eigenvalue weighted by molar-refractivity contribution is 7.90. The third kappa shape index (κ3) is 5.53. The molecule has 2 atom stereocenters. The van der Waals surface area contributed by atoms with E-state index >= 15 is 0 Å². The fourth-order valence-electron chi connectivity index (χ4n) is 4.56. The van der Waals surface area contributed by atoms with Crippen molar-refractivity contribution in [3.8, 4) is 11.7 Å². The van der Waals surface area contributed by atoms with Crippen LogP contribution in [-0.4, -0.2) is 52.3 Å². The SMILES string of the molecule is CCC(C)Oc1ccn(-c2ccc(C(=O)NS(=O)(=O)c3cccnc3N)c(N3C[C@@H](C)CC3(C)C)n2)n1. The van der Waals surface area contributed by atoms with Crippen LogP contribution in [0.4, 0.5) is 11.6 Å². The number of amides is 1. The Kier molecular flexibility index (Phi) is 7.13. The van der Waals surface area contributed by atoms with Gasteiger partial charge in [-0.15, -0.1) is 5.10 Å². The van der Waals surface area contributed by atoms with Crippen LogP contribution in [0.5, 0.6) is 5.88 Å². The minimum atomic E-state index is -4.26. The van der Waals surface area contributed by atoms with Crippen LogP contribution in [0.3, 0.4) is 0 Å². The third-order valence-corrected chi connectivity index (χ3v) is 7.82. The molecular weight excluding hydrogens is 494 g/mol. The molecule has 1 fully saturated rings. The van der Waals surface area contributed by atoms with Gasteiger partial charge in [-0.25, -0.2) is 27.8 Å². The van der Waals surface area contributed by atoms with Crippen LogP contribution in [0.2, 0.25) is 0 Å². The van der Waals surface area contributed by atoms with E-state index in [1.807, 2.05) is 18.7 Å². The first kappa shape index (κ1) is 26.4. The predicted molar refractivity (Wildman–Crippen MR) is 140 cm³/mol. The maximum absolute atomic E-state index is 13.4. The first-order chi connectivity index (χ1) is 17.4. The number of ether oxygens (including phenoxy) is 1. The Morgan fingerprint density at radius 2 is 2.05 bits per heavy atom. The van der Waals surface area contributed by atoms with Gasteiger partial charge in [0.15, 0.2) is 5.82 Å². The van der Waals surface area contributed by atoms with E-state index in [-0.39, 0.29) is 27.9 Å². The molecule has 1 amide bonds. The van der Waals surface area contributed by atoms with Gasteiger partial charge in [0, 0.05) is 30.5 Å². The summed E-state index contributed by atoms with van der Waals surface area (Å²) in [5.74, 6) is 0.665. The molecule has 0 aliphatic carbocycles. The van der Waals surface area contributed by atoms with Crippen molar-refractivity contribution in [1.29, 1.82) is 0 Å². The molecule has 1 aliphatic rings. The molecule has 1 saturated heterocycles. The van der Waals surface area contributed by atoms with Crippen molar-refractivity contribution in [3.63, 3.8) is 0 Å².